The Morgan fingerprint density at radius 3 is 2.44 bits per heavy atom. The smallest absolute Gasteiger partial charge is 0.430 e. The summed E-state index contributed by atoms with van der Waals surface area (Å²) >= 11 is 0. The number of ether oxygens (including phenoxy) is 2. The summed E-state index contributed by atoms with van der Waals surface area (Å²) in [6.45, 7) is 1.82. The Morgan fingerprint density at radius 2 is 1.80 bits per heavy atom. The molecule has 0 fully saturated rings. The molecule has 2 aromatic carbocycles. The Morgan fingerprint density at radius 1 is 1.12 bits per heavy atom. The fourth-order valence-electron chi connectivity index (χ4n) is 2.49. The number of hydrogen-bond donors (Lipinski definition) is 1. The number of rotatable bonds is 3. The average Bonchev–Trinajstić information content (AvgIpc) is 2.55. The Balaban J connectivity index is 2.07. The van der Waals surface area contributed by atoms with E-state index in [4.69, 9.17) is 14.6 Å². The first kappa shape index (κ1) is 16.9. The maximum absolute atomic E-state index is 13.1. The van der Waals surface area contributed by atoms with Gasteiger partial charge in [0.2, 0.25) is 6.10 Å². The van der Waals surface area contributed by atoms with E-state index in [0.29, 0.717) is 5.75 Å². The van der Waals surface area contributed by atoms with Crippen LogP contribution in [0.3, 0.4) is 0 Å². The van der Waals surface area contributed by atoms with E-state index >= 15 is 0 Å². The number of alkyl halides is 3. The van der Waals surface area contributed by atoms with E-state index in [2.05, 4.69) is 0 Å². The van der Waals surface area contributed by atoms with E-state index in [1.54, 1.807) is 18.2 Å². The van der Waals surface area contributed by atoms with Crippen LogP contribution in [0.25, 0.3) is 6.08 Å². The van der Waals surface area contributed by atoms with Gasteiger partial charge in [0.1, 0.15) is 17.2 Å². The van der Waals surface area contributed by atoms with Gasteiger partial charge in [-0.2, -0.15) is 13.2 Å². The highest BCUT2D eigenvalue weighted by Crippen LogP contribution is 2.42. The summed E-state index contributed by atoms with van der Waals surface area (Å²) in [5, 5.41) is 9.13. The molecule has 1 heterocycles. The van der Waals surface area contributed by atoms with E-state index < -0.39 is 23.8 Å². The molecular formula is C18H13F3O4. The zero-order chi connectivity index (χ0) is 18.2. The number of carboxylic acids is 1. The van der Waals surface area contributed by atoms with Gasteiger partial charge >= 0.3 is 12.1 Å². The second kappa shape index (κ2) is 6.16. The summed E-state index contributed by atoms with van der Waals surface area (Å²) < 4.78 is 49.9. The minimum atomic E-state index is -4.84. The summed E-state index contributed by atoms with van der Waals surface area (Å²) in [5.41, 5.74) is 0.0944. The van der Waals surface area contributed by atoms with Gasteiger partial charge in [0.05, 0.1) is 11.1 Å². The molecule has 0 bridgehead atoms. The second-order valence-electron chi connectivity index (χ2n) is 5.48. The molecule has 25 heavy (non-hydrogen) atoms. The zero-order valence-corrected chi connectivity index (χ0v) is 13.0. The Labute approximate surface area is 141 Å². The molecule has 0 aliphatic carbocycles. The van der Waals surface area contributed by atoms with Crippen LogP contribution in [0, 0.1) is 6.92 Å². The Bertz CT molecular complexity index is 856. The molecule has 0 amide bonds. The van der Waals surface area contributed by atoms with Crippen LogP contribution in [0.4, 0.5) is 13.2 Å². The van der Waals surface area contributed by atoms with Crippen LogP contribution >= 0.6 is 0 Å². The van der Waals surface area contributed by atoms with Crippen LogP contribution in [0.1, 0.15) is 11.1 Å². The van der Waals surface area contributed by atoms with Gasteiger partial charge in [-0.1, -0.05) is 24.3 Å². The summed E-state index contributed by atoms with van der Waals surface area (Å²) in [7, 11) is 0. The molecule has 1 aliphatic heterocycles. The predicted octanol–water partition coefficient (Wildman–Crippen LogP) is 4.58. The van der Waals surface area contributed by atoms with Gasteiger partial charge in [0.15, 0.2) is 0 Å². The maximum Gasteiger partial charge on any atom is 0.430 e. The van der Waals surface area contributed by atoms with E-state index in [1.165, 1.54) is 12.1 Å². The molecule has 1 atom stereocenters. The number of carbonyl (C=O) groups is 1. The number of aryl methyl sites for hydroxylation is 1. The van der Waals surface area contributed by atoms with Crippen molar-refractivity contribution in [2.24, 2.45) is 0 Å². The van der Waals surface area contributed by atoms with Crippen LogP contribution in [0.2, 0.25) is 0 Å². The minimum Gasteiger partial charge on any atom is -0.478 e. The first-order valence-electron chi connectivity index (χ1n) is 7.32. The molecule has 0 saturated carbocycles. The van der Waals surface area contributed by atoms with E-state index in [0.717, 1.165) is 11.6 Å². The zero-order valence-electron chi connectivity index (χ0n) is 13.0. The molecule has 2 aromatic rings. The van der Waals surface area contributed by atoms with Crippen LogP contribution in [-0.4, -0.2) is 23.4 Å². The van der Waals surface area contributed by atoms with Gasteiger partial charge in [0, 0.05) is 0 Å². The van der Waals surface area contributed by atoms with Crippen molar-refractivity contribution in [2.45, 2.75) is 19.2 Å². The summed E-state index contributed by atoms with van der Waals surface area (Å²) in [6, 6.07) is 11.5. The second-order valence-corrected chi connectivity index (χ2v) is 5.48. The number of benzene rings is 2. The highest BCUT2D eigenvalue weighted by Gasteiger charge is 2.48. The molecule has 1 unspecified atom stereocenters. The van der Waals surface area contributed by atoms with Gasteiger partial charge < -0.3 is 14.6 Å². The molecule has 0 saturated heterocycles. The SMILES string of the molecule is Cc1ccccc1Oc1cccc2c1C=C(C(=O)O)C(C(F)(F)F)O2. The molecular weight excluding hydrogens is 337 g/mol. The van der Waals surface area contributed by atoms with Gasteiger partial charge in [-0.15, -0.1) is 0 Å². The maximum atomic E-state index is 13.1. The summed E-state index contributed by atoms with van der Waals surface area (Å²) in [6.07, 6.45) is -6.41. The quantitative estimate of drug-likeness (QED) is 0.880. The van der Waals surface area contributed by atoms with Crippen molar-refractivity contribution in [3.8, 4) is 17.2 Å². The molecule has 0 spiro atoms. The number of para-hydroxylation sites is 1. The molecule has 130 valence electrons. The largest absolute Gasteiger partial charge is 0.478 e. The van der Waals surface area contributed by atoms with Crippen molar-refractivity contribution in [2.75, 3.05) is 0 Å². The number of fused-ring (bicyclic) bond motifs is 1. The first-order valence-corrected chi connectivity index (χ1v) is 7.32. The Hall–Kier alpha value is -2.96. The third kappa shape index (κ3) is 3.31. The van der Waals surface area contributed by atoms with Gasteiger partial charge in [-0.3, -0.25) is 0 Å². The van der Waals surface area contributed by atoms with Crippen molar-refractivity contribution in [1.82, 2.24) is 0 Å². The predicted molar refractivity (Wildman–Crippen MR) is 83.8 cm³/mol. The number of hydrogen-bond acceptors (Lipinski definition) is 3. The van der Waals surface area contributed by atoms with Gasteiger partial charge in [0.25, 0.3) is 0 Å². The third-order valence-corrected chi connectivity index (χ3v) is 3.71. The van der Waals surface area contributed by atoms with Crippen molar-refractivity contribution in [1.29, 1.82) is 0 Å². The summed E-state index contributed by atoms with van der Waals surface area (Å²) in [5.74, 6) is -1.05. The lowest BCUT2D eigenvalue weighted by Gasteiger charge is -2.27. The van der Waals surface area contributed by atoms with Crippen LogP contribution in [0.15, 0.2) is 48.0 Å². The normalized spacial score (nSPS) is 16.5. The van der Waals surface area contributed by atoms with Crippen LogP contribution < -0.4 is 9.47 Å². The van der Waals surface area contributed by atoms with E-state index in [1.807, 2.05) is 19.1 Å². The molecule has 7 heteroatoms. The minimum absolute atomic E-state index is 0.0848. The van der Waals surface area contributed by atoms with Crippen LogP contribution in [0.5, 0.6) is 17.2 Å². The highest BCUT2D eigenvalue weighted by atomic mass is 19.4. The molecule has 1 N–H and O–H groups in total. The first-order chi connectivity index (χ1) is 11.8. The van der Waals surface area contributed by atoms with Crippen molar-refractivity contribution in [3.63, 3.8) is 0 Å². The standard InChI is InChI=1S/C18H13F3O4/c1-10-5-2-3-6-13(10)24-14-7-4-8-15-11(14)9-12(17(22)23)16(25-15)18(19,20)21/h2-9,16H,1H3,(H,22,23). The van der Waals surface area contributed by atoms with Crippen molar-refractivity contribution >= 4 is 12.0 Å². The monoisotopic (exact) mass is 350 g/mol. The lowest BCUT2D eigenvalue weighted by molar-refractivity contribution is -0.187. The lowest BCUT2D eigenvalue weighted by Crippen LogP contribution is -2.40. The van der Waals surface area contributed by atoms with Crippen molar-refractivity contribution < 1.29 is 32.5 Å². The molecule has 0 radical (unpaired) electrons. The fraction of sp³-hybridized carbons (Fsp3) is 0.167. The number of carboxylic acid groups (broad SMARTS) is 1. The van der Waals surface area contributed by atoms with E-state index in [-0.39, 0.29) is 17.1 Å². The van der Waals surface area contributed by atoms with Gasteiger partial charge in [-0.05, 0) is 36.8 Å². The molecule has 1 aliphatic rings. The molecule has 3 rings (SSSR count). The van der Waals surface area contributed by atoms with Gasteiger partial charge in [-0.25, -0.2) is 4.79 Å². The average molecular weight is 350 g/mol. The fourth-order valence-corrected chi connectivity index (χ4v) is 2.49. The number of aliphatic carboxylic acids is 1. The highest BCUT2D eigenvalue weighted by molar-refractivity contribution is 5.95. The molecule has 0 aromatic heterocycles. The Kier molecular flexibility index (Phi) is 4.16. The topological polar surface area (TPSA) is 55.8 Å². The number of halogens is 3. The summed E-state index contributed by atoms with van der Waals surface area (Å²) in [4.78, 5) is 11.3. The molecule has 4 nitrogen and oxygen atoms in total. The van der Waals surface area contributed by atoms with E-state index in [9.17, 15) is 18.0 Å². The van der Waals surface area contributed by atoms with Crippen molar-refractivity contribution in [3.05, 3.63) is 59.2 Å². The van der Waals surface area contributed by atoms with Crippen LogP contribution in [-0.2, 0) is 4.79 Å². The third-order valence-electron chi connectivity index (χ3n) is 3.71. The lowest BCUT2D eigenvalue weighted by atomic mass is 10.0.